The van der Waals surface area contributed by atoms with Crippen molar-refractivity contribution in [2.45, 2.75) is 20.0 Å². The van der Waals surface area contributed by atoms with E-state index in [1.807, 2.05) is 10.6 Å². The lowest BCUT2D eigenvalue weighted by atomic mass is 10.1. The second-order valence-electron chi connectivity index (χ2n) is 4.77. The van der Waals surface area contributed by atoms with E-state index in [9.17, 15) is 0 Å². The number of imidazole rings is 1. The van der Waals surface area contributed by atoms with Gasteiger partial charge in [0.05, 0.1) is 12.9 Å². The predicted octanol–water partition coefficient (Wildman–Crippen LogP) is 1.22. The fourth-order valence-electron chi connectivity index (χ4n) is 2.26. The smallest absolute Gasteiger partial charge is 0.165 e. The zero-order valence-corrected chi connectivity index (χ0v) is 11.2. The maximum Gasteiger partial charge on any atom is 0.165 e. The molecule has 2 heterocycles. The van der Waals surface area contributed by atoms with Crippen LogP contribution in [0.5, 0.6) is 0 Å². The van der Waals surface area contributed by atoms with E-state index in [4.69, 9.17) is 11.5 Å². The van der Waals surface area contributed by atoms with Crippen molar-refractivity contribution in [2.24, 2.45) is 5.73 Å². The van der Waals surface area contributed by atoms with Gasteiger partial charge in [-0.3, -0.25) is 0 Å². The molecule has 0 amide bonds. The normalized spacial score (nSPS) is 11.1. The van der Waals surface area contributed by atoms with Crippen molar-refractivity contribution < 1.29 is 0 Å². The Morgan fingerprint density at radius 3 is 2.80 bits per heavy atom. The number of anilines is 1. The molecule has 0 saturated carbocycles. The summed E-state index contributed by atoms with van der Waals surface area (Å²) in [4.78, 5) is 12.5. The monoisotopic (exact) mass is 268 g/mol. The van der Waals surface area contributed by atoms with E-state index in [1.54, 1.807) is 6.33 Å². The van der Waals surface area contributed by atoms with E-state index in [-0.39, 0.29) is 0 Å². The molecule has 0 atom stereocenters. The van der Waals surface area contributed by atoms with E-state index >= 15 is 0 Å². The third-order valence-electron chi connectivity index (χ3n) is 3.41. The van der Waals surface area contributed by atoms with E-state index in [2.05, 4.69) is 34.0 Å². The van der Waals surface area contributed by atoms with Crippen molar-refractivity contribution >= 4 is 17.0 Å². The Bertz CT molecular complexity index is 761. The lowest BCUT2D eigenvalue weighted by Crippen LogP contribution is -2.04. The van der Waals surface area contributed by atoms with Crippen molar-refractivity contribution in [3.63, 3.8) is 0 Å². The SMILES string of the molecule is Cc1cc(CN)ccc1Cn1cnc2c(N)ncnc21. The maximum absolute atomic E-state index is 5.79. The second-order valence-corrected chi connectivity index (χ2v) is 4.77. The van der Waals surface area contributed by atoms with Crippen LogP contribution in [0.15, 0.2) is 30.9 Å². The topological polar surface area (TPSA) is 95.6 Å². The number of fused-ring (bicyclic) bond motifs is 1. The number of aryl methyl sites for hydroxylation is 1. The molecule has 6 nitrogen and oxygen atoms in total. The summed E-state index contributed by atoms with van der Waals surface area (Å²) in [5, 5.41) is 0. The summed E-state index contributed by atoms with van der Waals surface area (Å²) in [6.07, 6.45) is 3.20. The molecule has 0 bridgehead atoms. The summed E-state index contributed by atoms with van der Waals surface area (Å²) in [5.74, 6) is 0.406. The summed E-state index contributed by atoms with van der Waals surface area (Å²) >= 11 is 0. The van der Waals surface area contributed by atoms with Gasteiger partial charge in [0, 0.05) is 6.54 Å². The molecular formula is C14H16N6. The number of hydrogen-bond acceptors (Lipinski definition) is 5. The summed E-state index contributed by atoms with van der Waals surface area (Å²) in [5.41, 5.74) is 16.4. The average Bonchev–Trinajstić information content (AvgIpc) is 2.86. The zero-order chi connectivity index (χ0) is 14.1. The van der Waals surface area contributed by atoms with Crippen molar-refractivity contribution in [3.05, 3.63) is 47.5 Å². The molecule has 3 rings (SSSR count). The van der Waals surface area contributed by atoms with Crippen LogP contribution in [-0.2, 0) is 13.1 Å². The molecule has 3 aromatic rings. The first kappa shape index (κ1) is 12.6. The molecule has 0 spiro atoms. The van der Waals surface area contributed by atoms with Crippen LogP contribution >= 0.6 is 0 Å². The molecule has 0 aliphatic carbocycles. The lowest BCUT2D eigenvalue weighted by Gasteiger charge is -2.09. The Hall–Kier alpha value is -2.47. The first-order chi connectivity index (χ1) is 9.69. The zero-order valence-electron chi connectivity index (χ0n) is 11.2. The van der Waals surface area contributed by atoms with Gasteiger partial charge in [-0.2, -0.15) is 0 Å². The predicted molar refractivity (Wildman–Crippen MR) is 77.9 cm³/mol. The van der Waals surface area contributed by atoms with Crippen LogP contribution in [0, 0.1) is 6.92 Å². The summed E-state index contributed by atoms with van der Waals surface area (Å²) in [6.45, 7) is 3.33. The van der Waals surface area contributed by atoms with Gasteiger partial charge in [0.2, 0.25) is 0 Å². The molecule has 2 aromatic heterocycles. The quantitative estimate of drug-likeness (QED) is 0.744. The minimum absolute atomic E-state index is 0.406. The fourth-order valence-corrected chi connectivity index (χ4v) is 2.26. The van der Waals surface area contributed by atoms with E-state index in [1.165, 1.54) is 17.5 Å². The van der Waals surface area contributed by atoms with Gasteiger partial charge in [-0.1, -0.05) is 18.2 Å². The largest absolute Gasteiger partial charge is 0.382 e. The number of nitrogens with zero attached hydrogens (tertiary/aromatic N) is 4. The number of nitrogens with two attached hydrogens (primary N) is 2. The number of rotatable bonds is 3. The van der Waals surface area contributed by atoms with E-state index in [0.717, 1.165) is 11.2 Å². The molecule has 0 unspecified atom stereocenters. The standard InChI is InChI=1S/C14H16N6/c1-9-4-10(5-15)2-3-11(9)6-20-8-19-12-13(16)17-7-18-14(12)20/h2-4,7-8H,5-6,15H2,1H3,(H2,16,17,18). The fraction of sp³-hybridized carbons (Fsp3) is 0.214. The number of aromatic nitrogens is 4. The Morgan fingerprint density at radius 2 is 2.05 bits per heavy atom. The first-order valence-corrected chi connectivity index (χ1v) is 6.39. The molecule has 0 fully saturated rings. The van der Waals surface area contributed by atoms with Crippen LogP contribution in [0.1, 0.15) is 16.7 Å². The van der Waals surface area contributed by atoms with Crippen molar-refractivity contribution in [1.29, 1.82) is 0 Å². The molecule has 0 saturated heterocycles. The summed E-state index contributed by atoms with van der Waals surface area (Å²) in [6, 6.07) is 6.25. The molecule has 4 N–H and O–H groups in total. The van der Waals surface area contributed by atoms with Crippen LogP contribution in [0.3, 0.4) is 0 Å². The van der Waals surface area contributed by atoms with Gasteiger partial charge in [-0.25, -0.2) is 15.0 Å². The van der Waals surface area contributed by atoms with Gasteiger partial charge in [0.25, 0.3) is 0 Å². The van der Waals surface area contributed by atoms with E-state index in [0.29, 0.717) is 24.4 Å². The van der Waals surface area contributed by atoms with Crippen LogP contribution in [0.4, 0.5) is 5.82 Å². The van der Waals surface area contributed by atoms with Gasteiger partial charge in [0.15, 0.2) is 11.5 Å². The minimum Gasteiger partial charge on any atom is -0.382 e. The van der Waals surface area contributed by atoms with Crippen molar-refractivity contribution in [1.82, 2.24) is 19.5 Å². The van der Waals surface area contributed by atoms with Gasteiger partial charge in [-0.15, -0.1) is 0 Å². The molecule has 102 valence electrons. The molecule has 6 heteroatoms. The highest BCUT2D eigenvalue weighted by molar-refractivity contribution is 5.81. The minimum atomic E-state index is 0.406. The lowest BCUT2D eigenvalue weighted by molar-refractivity contribution is 0.806. The molecule has 0 aliphatic heterocycles. The van der Waals surface area contributed by atoms with Gasteiger partial charge < -0.3 is 16.0 Å². The van der Waals surface area contributed by atoms with Crippen LogP contribution in [0.25, 0.3) is 11.2 Å². The maximum atomic E-state index is 5.79. The number of nitrogen functional groups attached to an aromatic ring is 1. The second kappa shape index (κ2) is 4.90. The van der Waals surface area contributed by atoms with Gasteiger partial charge >= 0.3 is 0 Å². The third-order valence-corrected chi connectivity index (χ3v) is 3.41. The number of hydrogen-bond donors (Lipinski definition) is 2. The highest BCUT2D eigenvalue weighted by Gasteiger charge is 2.09. The van der Waals surface area contributed by atoms with Gasteiger partial charge in [0.1, 0.15) is 11.8 Å². The van der Waals surface area contributed by atoms with E-state index < -0.39 is 0 Å². The highest BCUT2D eigenvalue weighted by Crippen LogP contribution is 2.18. The Balaban J connectivity index is 1.99. The van der Waals surface area contributed by atoms with Crippen molar-refractivity contribution in [2.75, 3.05) is 5.73 Å². The Labute approximate surface area is 116 Å². The van der Waals surface area contributed by atoms with Crippen LogP contribution in [-0.4, -0.2) is 19.5 Å². The average molecular weight is 268 g/mol. The number of benzene rings is 1. The molecular weight excluding hydrogens is 252 g/mol. The summed E-state index contributed by atoms with van der Waals surface area (Å²) in [7, 11) is 0. The van der Waals surface area contributed by atoms with Gasteiger partial charge in [-0.05, 0) is 23.6 Å². The van der Waals surface area contributed by atoms with Crippen LogP contribution < -0.4 is 11.5 Å². The van der Waals surface area contributed by atoms with Crippen molar-refractivity contribution in [3.8, 4) is 0 Å². The molecule has 1 aromatic carbocycles. The first-order valence-electron chi connectivity index (χ1n) is 6.39. The summed E-state index contributed by atoms with van der Waals surface area (Å²) < 4.78 is 1.97. The highest BCUT2D eigenvalue weighted by atomic mass is 15.1. The molecule has 0 radical (unpaired) electrons. The third kappa shape index (κ3) is 2.10. The Morgan fingerprint density at radius 1 is 1.20 bits per heavy atom. The molecule has 0 aliphatic rings. The Kier molecular flexibility index (Phi) is 3.08. The molecule has 20 heavy (non-hydrogen) atoms. The van der Waals surface area contributed by atoms with Crippen LogP contribution in [0.2, 0.25) is 0 Å².